The third-order valence-corrected chi connectivity index (χ3v) is 9.17. The van der Waals surface area contributed by atoms with Gasteiger partial charge in [0, 0.05) is 8.80 Å². The van der Waals surface area contributed by atoms with Crippen LogP contribution >= 0.6 is 0 Å². The van der Waals surface area contributed by atoms with E-state index in [4.69, 9.17) is 5.11 Å². The Labute approximate surface area is 119 Å². The molecule has 0 unspecified atom stereocenters. The standard InChI is InChI=1S/C16H30O2Si/c1-2-3-10-19-11-8-14(9-12-19)13-4-6-15(7-5-13)16(17)18/h13-15,19H,2-12H2,1H3,(H,17,18). The van der Waals surface area contributed by atoms with Crippen LogP contribution in [0.15, 0.2) is 0 Å². The molecule has 2 aliphatic rings. The van der Waals surface area contributed by atoms with Crippen LogP contribution in [0.25, 0.3) is 0 Å². The van der Waals surface area contributed by atoms with Gasteiger partial charge in [-0.25, -0.2) is 0 Å². The fourth-order valence-corrected chi connectivity index (χ4v) is 7.93. The fraction of sp³-hybridized carbons (Fsp3) is 0.938. The number of carboxylic acids is 1. The lowest BCUT2D eigenvalue weighted by molar-refractivity contribution is -0.143. The van der Waals surface area contributed by atoms with Crippen LogP contribution in [0.5, 0.6) is 0 Å². The number of aliphatic carboxylic acids is 1. The van der Waals surface area contributed by atoms with Gasteiger partial charge in [0.1, 0.15) is 0 Å². The molecule has 1 N–H and O–H groups in total. The van der Waals surface area contributed by atoms with Crippen LogP contribution in [0.4, 0.5) is 0 Å². The highest BCUT2D eigenvalue weighted by Gasteiger charge is 2.32. The lowest BCUT2D eigenvalue weighted by Crippen LogP contribution is -2.30. The van der Waals surface area contributed by atoms with Gasteiger partial charge in [0.2, 0.25) is 0 Å². The molecular weight excluding hydrogens is 252 g/mol. The quantitative estimate of drug-likeness (QED) is 0.763. The molecule has 2 rings (SSSR count). The number of hydrogen-bond donors (Lipinski definition) is 1. The third kappa shape index (κ3) is 4.33. The normalized spacial score (nSPS) is 36.1. The van der Waals surface area contributed by atoms with E-state index >= 15 is 0 Å². The molecule has 1 saturated heterocycles. The third-order valence-electron chi connectivity index (χ3n) is 5.65. The Balaban J connectivity index is 1.69. The molecule has 2 fully saturated rings. The Morgan fingerprint density at radius 1 is 1.05 bits per heavy atom. The van der Waals surface area contributed by atoms with Gasteiger partial charge in [-0.3, -0.25) is 4.79 Å². The molecule has 2 nitrogen and oxygen atoms in total. The van der Waals surface area contributed by atoms with Crippen LogP contribution in [-0.4, -0.2) is 19.9 Å². The molecule has 1 saturated carbocycles. The summed E-state index contributed by atoms with van der Waals surface area (Å²) in [7, 11) is -0.359. The molecule has 0 spiro atoms. The largest absolute Gasteiger partial charge is 0.481 e. The molecule has 1 heterocycles. The zero-order chi connectivity index (χ0) is 13.7. The minimum Gasteiger partial charge on any atom is -0.481 e. The molecule has 0 bridgehead atoms. The minimum atomic E-state index is -0.561. The smallest absolute Gasteiger partial charge is 0.306 e. The molecule has 0 aromatic carbocycles. The Morgan fingerprint density at radius 2 is 1.63 bits per heavy atom. The molecule has 1 aliphatic carbocycles. The van der Waals surface area contributed by atoms with Crippen molar-refractivity contribution < 1.29 is 9.90 Å². The number of carboxylic acid groups (broad SMARTS) is 1. The minimum absolute atomic E-state index is 0.0356. The molecule has 0 radical (unpaired) electrons. The van der Waals surface area contributed by atoms with E-state index in [-0.39, 0.29) is 14.7 Å². The van der Waals surface area contributed by atoms with E-state index in [2.05, 4.69) is 6.92 Å². The van der Waals surface area contributed by atoms with Gasteiger partial charge in [-0.1, -0.05) is 50.7 Å². The number of unbranched alkanes of at least 4 members (excludes halogenated alkanes) is 1. The van der Waals surface area contributed by atoms with E-state index in [0.29, 0.717) is 0 Å². The van der Waals surface area contributed by atoms with Gasteiger partial charge in [-0.15, -0.1) is 0 Å². The molecule has 3 heteroatoms. The average molecular weight is 282 g/mol. The maximum Gasteiger partial charge on any atom is 0.306 e. The van der Waals surface area contributed by atoms with E-state index in [0.717, 1.165) is 24.7 Å². The molecule has 0 aromatic rings. The molecule has 19 heavy (non-hydrogen) atoms. The van der Waals surface area contributed by atoms with E-state index < -0.39 is 5.97 Å². The van der Waals surface area contributed by atoms with Crippen LogP contribution in [0, 0.1) is 17.8 Å². The van der Waals surface area contributed by atoms with Crippen molar-refractivity contribution in [1.29, 1.82) is 0 Å². The summed E-state index contributed by atoms with van der Waals surface area (Å²) in [4.78, 5) is 11.0. The van der Waals surface area contributed by atoms with Crippen molar-refractivity contribution in [1.82, 2.24) is 0 Å². The van der Waals surface area contributed by atoms with E-state index in [1.165, 1.54) is 38.5 Å². The second-order valence-electron chi connectivity index (χ2n) is 6.87. The molecular formula is C16H30O2Si. The van der Waals surface area contributed by atoms with Crippen LogP contribution < -0.4 is 0 Å². The lowest BCUT2D eigenvalue weighted by Gasteiger charge is -2.36. The molecule has 110 valence electrons. The van der Waals surface area contributed by atoms with Gasteiger partial charge in [0.25, 0.3) is 0 Å². The summed E-state index contributed by atoms with van der Waals surface area (Å²) in [6, 6.07) is 4.72. The van der Waals surface area contributed by atoms with Gasteiger partial charge in [-0.2, -0.15) is 0 Å². The summed E-state index contributed by atoms with van der Waals surface area (Å²) in [5.41, 5.74) is 0. The predicted molar refractivity (Wildman–Crippen MR) is 82.3 cm³/mol. The fourth-order valence-electron chi connectivity index (χ4n) is 4.28. The number of rotatable bonds is 5. The average Bonchev–Trinajstić information content (AvgIpc) is 2.46. The number of hydrogen-bond acceptors (Lipinski definition) is 1. The second-order valence-corrected chi connectivity index (χ2v) is 10.3. The monoisotopic (exact) mass is 282 g/mol. The maximum absolute atomic E-state index is 11.0. The highest BCUT2D eigenvalue weighted by molar-refractivity contribution is 6.58. The Kier molecular flexibility index (Phi) is 5.93. The van der Waals surface area contributed by atoms with Crippen molar-refractivity contribution >= 4 is 14.8 Å². The molecule has 1 aliphatic heterocycles. The Bertz CT molecular complexity index is 276. The van der Waals surface area contributed by atoms with E-state index in [1.807, 2.05) is 0 Å². The van der Waals surface area contributed by atoms with Crippen LogP contribution in [0.2, 0.25) is 18.1 Å². The van der Waals surface area contributed by atoms with Crippen molar-refractivity contribution in [3.8, 4) is 0 Å². The molecule has 0 atom stereocenters. The summed E-state index contributed by atoms with van der Waals surface area (Å²) >= 11 is 0. The summed E-state index contributed by atoms with van der Waals surface area (Å²) < 4.78 is 0. The van der Waals surface area contributed by atoms with Crippen molar-refractivity contribution in [2.45, 2.75) is 76.4 Å². The highest BCUT2D eigenvalue weighted by Crippen LogP contribution is 2.40. The van der Waals surface area contributed by atoms with Gasteiger partial charge in [0.15, 0.2) is 0 Å². The summed E-state index contributed by atoms with van der Waals surface area (Å²) in [6.45, 7) is 2.31. The molecule has 0 amide bonds. The van der Waals surface area contributed by atoms with Gasteiger partial charge < -0.3 is 5.11 Å². The van der Waals surface area contributed by atoms with Crippen molar-refractivity contribution in [3.05, 3.63) is 0 Å². The topological polar surface area (TPSA) is 37.3 Å². The van der Waals surface area contributed by atoms with E-state index in [1.54, 1.807) is 18.1 Å². The Hall–Kier alpha value is -0.313. The van der Waals surface area contributed by atoms with Gasteiger partial charge in [-0.05, 0) is 37.5 Å². The second kappa shape index (κ2) is 7.46. The van der Waals surface area contributed by atoms with Crippen molar-refractivity contribution in [2.24, 2.45) is 17.8 Å². The first kappa shape index (κ1) is 15.1. The highest BCUT2D eigenvalue weighted by atomic mass is 28.3. The van der Waals surface area contributed by atoms with E-state index in [9.17, 15) is 4.79 Å². The zero-order valence-electron chi connectivity index (χ0n) is 12.4. The lowest BCUT2D eigenvalue weighted by atomic mass is 9.74. The maximum atomic E-state index is 11.0. The first-order chi connectivity index (χ1) is 9.20. The number of carbonyl (C=O) groups is 1. The van der Waals surface area contributed by atoms with Crippen LogP contribution in [-0.2, 0) is 4.79 Å². The Morgan fingerprint density at radius 3 is 2.16 bits per heavy atom. The van der Waals surface area contributed by atoms with Crippen LogP contribution in [0.1, 0.15) is 58.3 Å². The summed E-state index contributed by atoms with van der Waals surface area (Å²) in [5.74, 6) is 1.21. The first-order valence-electron chi connectivity index (χ1n) is 8.43. The van der Waals surface area contributed by atoms with Crippen LogP contribution in [0.3, 0.4) is 0 Å². The zero-order valence-corrected chi connectivity index (χ0v) is 13.6. The predicted octanol–water partition coefficient (Wildman–Crippen LogP) is 4.31. The van der Waals surface area contributed by atoms with Gasteiger partial charge in [0.05, 0.1) is 5.92 Å². The summed E-state index contributed by atoms with van der Waals surface area (Å²) in [6.07, 6.45) is 10.0. The van der Waals surface area contributed by atoms with Gasteiger partial charge >= 0.3 is 5.97 Å². The first-order valence-corrected chi connectivity index (χ1v) is 10.9. The van der Waals surface area contributed by atoms with Crippen molar-refractivity contribution in [3.63, 3.8) is 0 Å². The van der Waals surface area contributed by atoms with Crippen molar-refractivity contribution in [2.75, 3.05) is 0 Å². The SMILES string of the molecule is CCCC[SiH]1CCC(C2CCC(C(=O)O)CC2)CC1. The summed E-state index contributed by atoms with van der Waals surface area (Å²) in [5, 5.41) is 9.06. The molecule has 0 aromatic heterocycles.